The lowest BCUT2D eigenvalue weighted by Gasteiger charge is -2.12. The smallest absolute Gasteiger partial charge is 0.128 e. The first kappa shape index (κ1) is 12.6. The molecule has 0 aliphatic carbocycles. The number of nitrogens with one attached hydrogen (secondary N) is 1. The van der Waals surface area contributed by atoms with Crippen LogP contribution in [0.15, 0.2) is 30.5 Å². The Bertz CT molecular complexity index is 520. The van der Waals surface area contributed by atoms with Crippen LogP contribution < -0.4 is 10.1 Å². The van der Waals surface area contributed by atoms with Gasteiger partial charge in [-0.3, -0.25) is 4.68 Å². The number of rotatable bonds is 5. The van der Waals surface area contributed by atoms with E-state index in [2.05, 4.69) is 23.4 Å². The monoisotopic (exact) mass is 245 g/mol. The fourth-order valence-corrected chi connectivity index (χ4v) is 2.14. The van der Waals surface area contributed by atoms with Crippen molar-refractivity contribution in [2.75, 3.05) is 14.2 Å². The summed E-state index contributed by atoms with van der Waals surface area (Å²) in [6.45, 7) is 3.74. The average molecular weight is 245 g/mol. The number of benzene rings is 1. The Kier molecular flexibility index (Phi) is 3.99. The highest BCUT2D eigenvalue weighted by molar-refractivity contribution is 5.70. The zero-order chi connectivity index (χ0) is 13.0. The van der Waals surface area contributed by atoms with Gasteiger partial charge in [-0.25, -0.2) is 0 Å². The van der Waals surface area contributed by atoms with Crippen LogP contribution in [-0.2, 0) is 13.1 Å². The van der Waals surface area contributed by atoms with Gasteiger partial charge in [0.05, 0.1) is 19.0 Å². The van der Waals surface area contributed by atoms with Gasteiger partial charge in [-0.15, -0.1) is 0 Å². The van der Waals surface area contributed by atoms with Gasteiger partial charge >= 0.3 is 0 Å². The van der Waals surface area contributed by atoms with Crippen LogP contribution >= 0.6 is 0 Å². The van der Waals surface area contributed by atoms with Crippen LogP contribution in [0.25, 0.3) is 11.3 Å². The van der Waals surface area contributed by atoms with Crippen molar-refractivity contribution in [1.82, 2.24) is 15.1 Å². The molecule has 0 radical (unpaired) electrons. The van der Waals surface area contributed by atoms with Crippen LogP contribution in [0.1, 0.15) is 12.5 Å². The highest BCUT2D eigenvalue weighted by Gasteiger charge is 2.15. The normalized spacial score (nSPS) is 10.6. The van der Waals surface area contributed by atoms with Crippen LogP contribution in [-0.4, -0.2) is 23.9 Å². The minimum absolute atomic E-state index is 0.799. The quantitative estimate of drug-likeness (QED) is 0.878. The Morgan fingerprint density at radius 1 is 1.33 bits per heavy atom. The molecule has 0 spiro atoms. The van der Waals surface area contributed by atoms with Gasteiger partial charge in [0, 0.05) is 24.2 Å². The minimum atomic E-state index is 0.799. The van der Waals surface area contributed by atoms with Crippen LogP contribution in [0.2, 0.25) is 0 Å². The van der Waals surface area contributed by atoms with Crippen LogP contribution in [0.3, 0.4) is 0 Å². The van der Waals surface area contributed by atoms with Gasteiger partial charge in [0.15, 0.2) is 0 Å². The Hall–Kier alpha value is -1.81. The third-order valence-electron chi connectivity index (χ3n) is 2.94. The summed E-state index contributed by atoms with van der Waals surface area (Å²) in [5, 5.41) is 7.60. The summed E-state index contributed by atoms with van der Waals surface area (Å²) in [4.78, 5) is 0. The largest absolute Gasteiger partial charge is 0.496 e. The molecule has 18 heavy (non-hydrogen) atoms. The highest BCUT2D eigenvalue weighted by atomic mass is 16.5. The standard InChI is InChI=1S/C14H19N3O/c1-4-17-14(11(9-15-2)10-16-17)12-7-5-6-8-13(12)18-3/h5-8,10,15H,4,9H2,1-3H3. The molecule has 96 valence electrons. The van der Waals surface area contributed by atoms with Crippen LogP contribution in [0, 0.1) is 0 Å². The number of aromatic nitrogens is 2. The van der Waals surface area contributed by atoms with E-state index in [1.807, 2.05) is 36.1 Å². The van der Waals surface area contributed by atoms with Crippen LogP contribution in [0.4, 0.5) is 0 Å². The van der Waals surface area contributed by atoms with Crippen molar-refractivity contribution >= 4 is 0 Å². The van der Waals surface area contributed by atoms with Crippen molar-refractivity contribution in [2.45, 2.75) is 20.0 Å². The van der Waals surface area contributed by atoms with Gasteiger partial charge in [0.25, 0.3) is 0 Å². The van der Waals surface area contributed by atoms with E-state index in [-0.39, 0.29) is 0 Å². The van der Waals surface area contributed by atoms with Gasteiger partial charge in [-0.2, -0.15) is 5.10 Å². The highest BCUT2D eigenvalue weighted by Crippen LogP contribution is 2.32. The molecule has 4 nitrogen and oxygen atoms in total. The molecule has 0 saturated carbocycles. The molecule has 0 aliphatic heterocycles. The molecule has 0 amide bonds. The molecule has 1 heterocycles. The van der Waals surface area contributed by atoms with E-state index in [1.54, 1.807) is 7.11 Å². The second-order valence-electron chi connectivity index (χ2n) is 4.06. The number of hydrogen-bond donors (Lipinski definition) is 1. The lowest BCUT2D eigenvalue weighted by Crippen LogP contribution is -2.07. The van der Waals surface area contributed by atoms with E-state index >= 15 is 0 Å². The lowest BCUT2D eigenvalue weighted by atomic mass is 10.1. The first-order valence-electron chi connectivity index (χ1n) is 6.14. The number of hydrogen-bond acceptors (Lipinski definition) is 3. The molecule has 2 rings (SSSR count). The average Bonchev–Trinajstić information content (AvgIpc) is 2.82. The number of para-hydroxylation sites is 1. The molecule has 0 atom stereocenters. The number of nitrogens with zero attached hydrogens (tertiary/aromatic N) is 2. The molecule has 0 aliphatic rings. The van der Waals surface area contributed by atoms with Crippen molar-refractivity contribution in [3.63, 3.8) is 0 Å². The first-order chi connectivity index (χ1) is 8.81. The minimum Gasteiger partial charge on any atom is -0.496 e. The predicted octanol–water partition coefficient (Wildman–Crippen LogP) is 2.30. The zero-order valence-electron chi connectivity index (χ0n) is 11.1. The Morgan fingerprint density at radius 2 is 2.11 bits per heavy atom. The molecule has 0 fully saturated rings. The molecule has 2 aromatic rings. The molecule has 1 aromatic carbocycles. The molecular weight excluding hydrogens is 226 g/mol. The Balaban J connectivity index is 2.57. The van der Waals surface area contributed by atoms with Gasteiger partial charge in [-0.1, -0.05) is 12.1 Å². The third kappa shape index (κ3) is 2.24. The summed E-state index contributed by atoms with van der Waals surface area (Å²) >= 11 is 0. The summed E-state index contributed by atoms with van der Waals surface area (Å²) in [6.07, 6.45) is 1.92. The number of aryl methyl sites for hydroxylation is 1. The maximum Gasteiger partial charge on any atom is 0.128 e. The first-order valence-corrected chi connectivity index (χ1v) is 6.14. The molecule has 0 bridgehead atoms. The molecule has 4 heteroatoms. The van der Waals surface area contributed by atoms with Crippen molar-refractivity contribution in [2.24, 2.45) is 0 Å². The van der Waals surface area contributed by atoms with E-state index in [0.29, 0.717) is 0 Å². The second kappa shape index (κ2) is 5.69. The fraction of sp³-hybridized carbons (Fsp3) is 0.357. The van der Waals surface area contributed by atoms with E-state index in [0.717, 1.165) is 30.1 Å². The maximum absolute atomic E-state index is 5.44. The summed E-state index contributed by atoms with van der Waals surface area (Å²) < 4.78 is 7.44. The molecule has 1 N–H and O–H groups in total. The number of ether oxygens (including phenoxy) is 1. The zero-order valence-corrected chi connectivity index (χ0v) is 11.1. The Morgan fingerprint density at radius 3 is 2.78 bits per heavy atom. The molecule has 0 saturated heterocycles. The second-order valence-corrected chi connectivity index (χ2v) is 4.06. The van der Waals surface area contributed by atoms with Crippen molar-refractivity contribution < 1.29 is 4.74 Å². The summed E-state index contributed by atoms with van der Waals surface area (Å²) in [5.41, 5.74) is 3.40. The Labute approximate surface area is 108 Å². The molecular formula is C14H19N3O. The van der Waals surface area contributed by atoms with Gasteiger partial charge in [0.1, 0.15) is 5.75 Å². The van der Waals surface area contributed by atoms with E-state index < -0.39 is 0 Å². The molecule has 0 unspecified atom stereocenters. The summed E-state index contributed by atoms with van der Waals surface area (Å²) in [7, 11) is 3.64. The van der Waals surface area contributed by atoms with Gasteiger partial charge in [-0.05, 0) is 26.1 Å². The van der Waals surface area contributed by atoms with E-state index in [1.165, 1.54) is 5.56 Å². The van der Waals surface area contributed by atoms with E-state index in [4.69, 9.17) is 4.74 Å². The van der Waals surface area contributed by atoms with Crippen molar-refractivity contribution in [3.05, 3.63) is 36.0 Å². The van der Waals surface area contributed by atoms with E-state index in [9.17, 15) is 0 Å². The fourth-order valence-electron chi connectivity index (χ4n) is 2.14. The summed E-state index contributed by atoms with van der Waals surface area (Å²) in [5.74, 6) is 0.880. The topological polar surface area (TPSA) is 39.1 Å². The summed E-state index contributed by atoms with van der Waals surface area (Å²) in [6, 6.07) is 8.05. The van der Waals surface area contributed by atoms with Gasteiger partial charge < -0.3 is 10.1 Å². The van der Waals surface area contributed by atoms with Crippen molar-refractivity contribution in [1.29, 1.82) is 0 Å². The molecule has 1 aromatic heterocycles. The van der Waals surface area contributed by atoms with Crippen molar-refractivity contribution in [3.8, 4) is 17.0 Å². The number of methoxy groups -OCH3 is 1. The third-order valence-corrected chi connectivity index (χ3v) is 2.94. The maximum atomic E-state index is 5.44. The SMILES string of the molecule is CCn1ncc(CNC)c1-c1ccccc1OC. The predicted molar refractivity (Wildman–Crippen MR) is 72.7 cm³/mol. The van der Waals surface area contributed by atoms with Crippen LogP contribution in [0.5, 0.6) is 5.75 Å². The lowest BCUT2D eigenvalue weighted by molar-refractivity contribution is 0.416. The van der Waals surface area contributed by atoms with Gasteiger partial charge in [0.2, 0.25) is 0 Å².